The van der Waals surface area contributed by atoms with E-state index >= 15 is 0 Å². The van der Waals surface area contributed by atoms with Crippen LogP contribution in [0.25, 0.3) is 0 Å². The van der Waals surface area contributed by atoms with Crippen molar-refractivity contribution in [1.29, 1.82) is 0 Å². The van der Waals surface area contributed by atoms with Gasteiger partial charge in [-0.25, -0.2) is 0 Å². The van der Waals surface area contributed by atoms with Crippen molar-refractivity contribution in [1.82, 2.24) is 4.90 Å². The molecule has 1 aromatic carbocycles. The zero-order chi connectivity index (χ0) is 11.5. The summed E-state index contributed by atoms with van der Waals surface area (Å²) < 4.78 is 1.05. The van der Waals surface area contributed by atoms with Crippen LogP contribution in [0.4, 0.5) is 0 Å². The number of hydrogen-bond donors (Lipinski definition) is 1. The maximum atomic E-state index is 9.25. The van der Waals surface area contributed by atoms with Gasteiger partial charge in [0.15, 0.2) is 0 Å². The van der Waals surface area contributed by atoms with Crippen LogP contribution in [0.2, 0.25) is 5.02 Å². The Labute approximate surface area is 109 Å². The minimum absolute atomic E-state index is 0.242. The van der Waals surface area contributed by atoms with Crippen molar-refractivity contribution in [2.24, 2.45) is 0 Å². The van der Waals surface area contributed by atoms with Crippen LogP contribution in [-0.4, -0.2) is 29.2 Å². The zero-order valence-electron chi connectivity index (χ0n) is 9.00. The Morgan fingerprint density at radius 2 is 2.31 bits per heavy atom. The molecule has 1 heterocycles. The molecule has 1 aromatic rings. The van der Waals surface area contributed by atoms with Gasteiger partial charge in [0.2, 0.25) is 0 Å². The number of nitrogens with zero attached hydrogens (tertiary/aromatic N) is 1. The van der Waals surface area contributed by atoms with Crippen molar-refractivity contribution >= 4 is 27.5 Å². The molecule has 1 fully saturated rings. The largest absolute Gasteiger partial charge is 0.395 e. The molecule has 1 saturated heterocycles. The Morgan fingerprint density at radius 3 is 3.06 bits per heavy atom. The summed E-state index contributed by atoms with van der Waals surface area (Å²) in [6, 6.07) is 6.20. The predicted molar refractivity (Wildman–Crippen MR) is 69.7 cm³/mol. The Kier molecular flexibility index (Phi) is 4.25. The summed E-state index contributed by atoms with van der Waals surface area (Å²) in [6.07, 6.45) is 2.25. The van der Waals surface area contributed by atoms with Crippen molar-refractivity contribution in [3.05, 3.63) is 33.3 Å². The van der Waals surface area contributed by atoms with Gasteiger partial charge in [-0.2, -0.15) is 0 Å². The lowest BCUT2D eigenvalue weighted by atomic mass is 10.2. The van der Waals surface area contributed by atoms with E-state index in [2.05, 4.69) is 26.9 Å². The van der Waals surface area contributed by atoms with E-state index in [-0.39, 0.29) is 6.61 Å². The first-order valence-corrected chi connectivity index (χ1v) is 6.66. The van der Waals surface area contributed by atoms with Crippen LogP contribution >= 0.6 is 27.5 Å². The molecule has 2 nitrogen and oxygen atoms in total. The quantitative estimate of drug-likeness (QED) is 0.928. The van der Waals surface area contributed by atoms with Gasteiger partial charge < -0.3 is 5.11 Å². The van der Waals surface area contributed by atoms with Gasteiger partial charge in [0, 0.05) is 22.1 Å². The maximum Gasteiger partial charge on any atom is 0.0587 e. The van der Waals surface area contributed by atoms with Gasteiger partial charge in [-0.3, -0.25) is 4.90 Å². The highest BCUT2D eigenvalue weighted by Gasteiger charge is 2.24. The first kappa shape index (κ1) is 12.4. The minimum Gasteiger partial charge on any atom is -0.395 e. The Bertz CT molecular complexity index is 372. The lowest BCUT2D eigenvalue weighted by Gasteiger charge is -2.23. The summed E-state index contributed by atoms with van der Waals surface area (Å²) in [5.41, 5.74) is 1.12. The Balaban J connectivity index is 2.11. The fourth-order valence-corrected chi connectivity index (χ4v) is 2.78. The van der Waals surface area contributed by atoms with E-state index in [0.29, 0.717) is 6.04 Å². The van der Waals surface area contributed by atoms with Crippen LogP contribution < -0.4 is 0 Å². The summed E-state index contributed by atoms with van der Waals surface area (Å²) in [7, 11) is 0. The molecule has 1 N–H and O–H groups in total. The van der Waals surface area contributed by atoms with Gasteiger partial charge in [0.25, 0.3) is 0 Å². The summed E-state index contributed by atoms with van der Waals surface area (Å²) in [4.78, 5) is 2.30. The molecule has 88 valence electrons. The summed E-state index contributed by atoms with van der Waals surface area (Å²) in [5.74, 6) is 0. The molecule has 1 aliphatic rings. The fraction of sp³-hybridized carbons (Fsp3) is 0.500. The van der Waals surface area contributed by atoms with E-state index in [1.54, 1.807) is 0 Å². The van der Waals surface area contributed by atoms with E-state index in [0.717, 1.165) is 41.0 Å². The van der Waals surface area contributed by atoms with Gasteiger partial charge >= 0.3 is 0 Å². The average molecular weight is 305 g/mol. The zero-order valence-corrected chi connectivity index (χ0v) is 11.3. The van der Waals surface area contributed by atoms with Crippen molar-refractivity contribution in [2.45, 2.75) is 25.4 Å². The van der Waals surface area contributed by atoms with Crippen LogP contribution in [-0.2, 0) is 6.54 Å². The number of aliphatic hydroxyl groups excluding tert-OH is 1. The first-order valence-electron chi connectivity index (χ1n) is 5.49. The second kappa shape index (κ2) is 5.50. The Hall–Kier alpha value is -0.0900. The SMILES string of the molecule is OC[C@H]1CCCN1Cc1cc(Br)ccc1Cl. The van der Waals surface area contributed by atoms with Crippen molar-refractivity contribution in [2.75, 3.05) is 13.2 Å². The third kappa shape index (κ3) is 2.77. The van der Waals surface area contributed by atoms with Gasteiger partial charge in [-0.1, -0.05) is 27.5 Å². The predicted octanol–water partition coefficient (Wildman–Crippen LogP) is 3.06. The molecule has 0 radical (unpaired) electrons. The second-order valence-electron chi connectivity index (χ2n) is 4.18. The molecular weight excluding hydrogens is 289 g/mol. The van der Waals surface area contributed by atoms with E-state index < -0.39 is 0 Å². The molecule has 0 aromatic heterocycles. The molecule has 0 unspecified atom stereocenters. The molecular formula is C12H15BrClNO. The second-order valence-corrected chi connectivity index (χ2v) is 5.51. The third-order valence-corrected chi connectivity index (χ3v) is 3.95. The van der Waals surface area contributed by atoms with Crippen LogP contribution in [0.15, 0.2) is 22.7 Å². The molecule has 0 amide bonds. The number of likely N-dealkylation sites (tertiary alicyclic amines) is 1. The molecule has 16 heavy (non-hydrogen) atoms. The van der Waals surface area contributed by atoms with Crippen molar-refractivity contribution in [3.63, 3.8) is 0 Å². The van der Waals surface area contributed by atoms with Gasteiger partial charge in [0.1, 0.15) is 0 Å². The number of hydrogen-bond acceptors (Lipinski definition) is 2. The van der Waals surface area contributed by atoms with Crippen LogP contribution in [0.5, 0.6) is 0 Å². The monoisotopic (exact) mass is 303 g/mol. The van der Waals surface area contributed by atoms with E-state index in [4.69, 9.17) is 11.6 Å². The van der Waals surface area contributed by atoms with Crippen molar-refractivity contribution in [3.8, 4) is 0 Å². The van der Waals surface area contributed by atoms with Crippen LogP contribution in [0.3, 0.4) is 0 Å². The number of rotatable bonds is 3. The number of halogens is 2. The lowest BCUT2D eigenvalue weighted by molar-refractivity contribution is 0.153. The standard InChI is InChI=1S/C12H15BrClNO/c13-10-3-4-12(14)9(6-10)7-15-5-1-2-11(15)8-16/h3-4,6,11,16H,1-2,5,7-8H2/t11-/m1/s1. The summed E-state index contributed by atoms with van der Waals surface area (Å²) in [6.45, 7) is 2.11. The highest BCUT2D eigenvalue weighted by Crippen LogP contribution is 2.25. The van der Waals surface area contributed by atoms with Crippen molar-refractivity contribution < 1.29 is 5.11 Å². The number of aliphatic hydroxyl groups is 1. The third-order valence-electron chi connectivity index (χ3n) is 3.09. The summed E-state index contributed by atoms with van der Waals surface area (Å²) in [5, 5.41) is 10.1. The number of benzene rings is 1. The van der Waals surface area contributed by atoms with Crippen LogP contribution in [0.1, 0.15) is 18.4 Å². The lowest BCUT2D eigenvalue weighted by Crippen LogP contribution is -2.31. The van der Waals surface area contributed by atoms with E-state index in [1.165, 1.54) is 0 Å². The highest BCUT2D eigenvalue weighted by molar-refractivity contribution is 9.10. The molecule has 1 atom stereocenters. The molecule has 0 spiro atoms. The fourth-order valence-electron chi connectivity index (χ4n) is 2.19. The smallest absolute Gasteiger partial charge is 0.0587 e. The maximum absolute atomic E-state index is 9.25. The van der Waals surface area contributed by atoms with Gasteiger partial charge in [-0.05, 0) is 43.1 Å². The topological polar surface area (TPSA) is 23.5 Å². The molecule has 4 heteroatoms. The van der Waals surface area contributed by atoms with E-state index in [1.807, 2.05) is 12.1 Å². The first-order chi connectivity index (χ1) is 7.70. The minimum atomic E-state index is 0.242. The van der Waals surface area contributed by atoms with E-state index in [9.17, 15) is 5.11 Å². The normalized spacial score (nSPS) is 21.6. The molecule has 2 rings (SSSR count). The Morgan fingerprint density at radius 1 is 1.50 bits per heavy atom. The molecule has 0 bridgehead atoms. The van der Waals surface area contributed by atoms with Gasteiger partial charge in [-0.15, -0.1) is 0 Å². The highest BCUT2D eigenvalue weighted by atomic mass is 79.9. The molecule has 1 aliphatic heterocycles. The molecule has 0 saturated carbocycles. The molecule has 0 aliphatic carbocycles. The average Bonchev–Trinajstić information content (AvgIpc) is 2.71. The summed E-state index contributed by atoms with van der Waals surface area (Å²) >= 11 is 9.61. The van der Waals surface area contributed by atoms with Crippen LogP contribution in [0, 0.1) is 0 Å². The van der Waals surface area contributed by atoms with Gasteiger partial charge in [0.05, 0.1) is 6.61 Å².